The molecule has 1 amide bonds. The number of anilines is 1. The highest BCUT2D eigenvalue weighted by molar-refractivity contribution is 7.99. The van der Waals surface area contributed by atoms with Gasteiger partial charge in [-0.15, -0.1) is 16.9 Å². The molecule has 25 heavy (non-hydrogen) atoms. The molecule has 0 unspecified atom stereocenters. The van der Waals surface area contributed by atoms with Crippen molar-refractivity contribution in [1.29, 1.82) is 0 Å². The Morgan fingerprint density at radius 1 is 1.08 bits per heavy atom. The third-order valence-electron chi connectivity index (χ3n) is 3.93. The molecule has 2 heterocycles. The van der Waals surface area contributed by atoms with Crippen molar-refractivity contribution in [3.05, 3.63) is 59.6 Å². The Bertz CT molecular complexity index is 827. The number of fused-ring (bicyclic) bond motifs is 1. The molecule has 2 aromatic rings. The summed E-state index contributed by atoms with van der Waals surface area (Å²) in [4.78, 5) is 13.7. The lowest BCUT2D eigenvalue weighted by molar-refractivity contribution is -0.134. The first-order valence-corrected chi connectivity index (χ1v) is 9.07. The Morgan fingerprint density at radius 2 is 1.84 bits per heavy atom. The minimum Gasteiger partial charge on any atom is -0.272 e. The highest BCUT2D eigenvalue weighted by atomic mass is 35.5. The summed E-state index contributed by atoms with van der Waals surface area (Å²) in [6.07, 6.45) is 1.24. The Morgan fingerprint density at radius 3 is 2.60 bits per heavy atom. The maximum Gasteiger partial charge on any atom is 0.257 e. The lowest BCUT2D eigenvalue weighted by atomic mass is 10.1. The van der Waals surface area contributed by atoms with Crippen LogP contribution in [-0.2, 0) is 4.79 Å². The molecular weight excluding hydrogens is 358 g/mol. The molecule has 2 atom stereocenters. The summed E-state index contributed by atoms with van der Waals surface area (Å²) in [5, 5.41) is 16.6. The highest BCUT2D eigenvalue weighted by Gasteiger charge is 2.42. The zero-order chi connectivity index (χ0) is 17.2. The third kappa shape index (κ3) is 3.25. The van der Waals surface area contributed by atoms with Gasteiger partial charge in [0, 0.05) is 16.1 Å². The van der Waals surface area contributed by atoms with E-state index < -0.39 is 12.1 Å². The zero-order valence-corrected chi connectivity index (χ0v) is 14.6. The van der Waals surface area contributed by atoms with Gasteiger partial charge >= 0.3 is 0 Å². The monoisotopic (exact) mass is 371 g/mol. The molecule has 0 fully saturated rings. The van der Waals surface area contributed by atoms with Crippen molar-refractivity contribution >= 4 is 41.2 Å². The van der Waals surface area contributed by atoms with Crippen LogP contribution in [0.2, 0.25) is 5.02 Å². The fourth-order valence-electron chi connectivity index (χ4n) is 2.64. The van der Waals surface area contributed by atoms with Crippen LogP contribution in [0.15, 0.2) is 74.9 Å². The summed E-state index contributed by atoms with van der Waals surface area (Å²) in [5.74, 6) is -0.112. The second-order valence-corrected chi connectivity index (χ2v) is 7.01. The molecule has 0 aliphatic carbocycles. The van der Waals surface area contributed by atoms with Gasteiger partial charge in [0.2, 0.25) is 0 Å². The number of benzene rings is 2. The Labute approximate surface area is 154 Å². The van der Waals surface area contributed by atoms with E-state index in [9.17, 15) is 4.79 Å². The maximum absolute atomic E-state index is 12.7. The lowest BCUT2D eigenvalue weighted by Crippen LogP contribution is -2.44. The quantitative estimate of drug-likeness (QED) is 0.762. The summed E-state index contributed by atoms with van der Waals surface area (Å²) in [6.45, 7) is 0. The average molecular weight is 372 g/mol. The number of carbonyl (C=O) groups is 1. The molecule has 0 saturated carbocycles. The van der Waals surface area contributed by atoms with Gasteiger partial charge in [-0.25, -0.2) is 10.0 Å². The smallest absolute Gasteiger partial charge is 0.257 e. The number of hydrazone groups is 1. The van der Waals surface area contributed by atoms with E-state index in [4.69, 9.17) is 11.6 Å². The van der Waals surface area contributed by atoms with Crippen LogP contribution in [0.5, 0.6) is 0 Å². The van der Waals surface area contributed by atoms with Crippen molar-refractivity contribution in [2.75, 3.05) is 10.9 Å². The molecular formula is C17H14ClN5OS. The van der Waals surface area contributed by atoms with Crippen LogP contribution in [0.4, 0.5) is 5.69 Å². The van der Waals surface area contributed by atoms with E-state index in [1.165, 1.54) is 16.8 Å². The number of halogens is 1. The van der Waals surface area contributed by atoms with Gasteiger partial charge in [-0.3, -0.25) is 4.79 Å². The van der Waals surface area contributed by atoms with Crippen LogP contribution in [0.25, 0.3) is 0 Å². The standard InChI is InChI=1S/C17H14ClN5OS/c18-12-6-8-14(9-7-12)25-11-22-17(24)15-10-19-23(16(15)20-21-22)13-4-2-1-3-5-13/h1-10,15-16H,11H2/t15-,16-/m1/s1. The molecule has 0 spiro atoms. The summed E-state index contributed by atoms with van der Waals surface area (Å²) in [5.41, 5.74) is 0.891. The second-order valence-electron chi connectivity index (χ2n) is 5.55. The fraction of sp³-hybridized carbons (Fsp3) is 0.176. The predicted molar refractivity (Wildman–Crippen MR) is 98.6 cm³/mol. The number of nitrogens with zero attached hydrogens (tertiary/aromatic N) is 5. The molecule has 0 bridgehead atoms. The van der Waals surface area contributed by atoms with Gasteiger partial charge in [0.25, 0.3) is 5.91 Å². The molecule has 0 radical (unpaired) electrons. The molecule has 2 aliphatic rings. The summed E-state index contributed by atoms with van der Waals surface area (Å²) >= 11 is 7.39. The maximum atomic E-state index is 12.7. The van der Waals surface area contributed by atoms with Crippen molar-refractivity contribution in [1.82, 2.24) is 5.01 Å². The van der Waals surface area contributed by atoms with E-state index in [-0.39, 0.29) is 5.91 Å². The Hall–Kier alpha value is -2.38. The van der Waals surface area contributed by atoms with Crippen molar-refractivity contribution in [2.24, 2.45) is 21.4 Å². The summed E-state index contributed by atoms with van der Waals surface area (Å²) in [6, 6.07) is 17.1. The van der Waals surface area contributed by atoms with Crippen molar-refractivity contribution < 1.29 is 4.79 Å². The van der Waals surface area contributed by atoms with Gasteiger partial charge in [-0.05, 0) is 36.4 Å². The molecule has 2 aromatic carbocycles. The van der Waals surface area contributed by atoms with Gasteiger partial charge in [0.1, 0.15) is 5.92 Å². The van der Waals surface area contributed by atoms with E-state index in [2.05, 4.69) is 15.4 Å². The first-order valence-electron chi connectivity index (χ1n) is 7.71. The SMILES string of the molecule is O=C1[C@@H]2C=NN(c3ccccc3)[C@H]2N=NN1CSc1ccc(Cl)cc1. The third-order valence-corrected chi connectivity index (χ3v) is 5.16. The first kappa shape index (κ1) is 16.1. The lowest BCUT2D eigenvalue weighted by Gasteiger charge is -2.29. The number of hydrogen-bond donors (Lipinski definition) is 0. The van der Waals surface area contributed by atoms with Gasteiger partial charge in [-0.1, -0.05) is 35.0 Å². The number of rotatable bonds is 4. The second kappa shape index (κ2) is 6.85. The molecule has 0 N–H and O–H groups in total. The van der Waals surface area contributed by atoms with Crippen LogP contribution < -0.4 is 5.01 Å². The first-order chi connectivity index (χ1) is 12.2. The van der Waals surface area contributed by atoms with E-state index >= 15 is 0 Å². The van der Waals surface area contributed by atoms with Gasteiger partial charge in [-0.2, -0.15) is 5.10 Å². The number of thioether (sulfide) groups is 1. The van der Waals surface area contributed by atoms with Crippen molar-refractivity contribution in [2.45, 2.75) is 11.1 Å². The van der Waals surface area contributed by atoms with Gasteiger partial charge in [0.05, 0.1) is 11.6 Å². The topological polar surface area (TPSA) is 60.6 Å². The normalized spacial score (nSPS) is 21.7. The number of amides is 1. The summed E-state index contributed by atoms with van der Waals surface area (Å²) < 4.78 is 0. The Balaban J connectivity index is 1.46. The zero-order valence-electron chi connectivity index (χ0n) is 13.1. The fourth-order valence-corrected chi connectivity index (χ4v) is 3.55. The van der Waals surface area contributed by atoms with E-state index in [0.29, 0.717) is 10.9 Å². The molecule has 126 valence electrons. The summed E-state index contributed by atoms with van der Waals surface area (Å²) in [7, 11) is 0. The molecule has 0 saturated heterocycles. The van der Waals surface area contributed by atoms with Crippen molar-refractivity contribution in [3.63, 3.8) is 0 Å². The van der Waals surface area contributed by atoms with Gasteiger partial charge < -0.3 is 0 Å². The minimum absolute atomic E-state index is 0.0938. The number of hydrogen-bond acceptors (Lipinski definition) is 6. The Kier molecular flexibility index (Phi) is 4.42. The highest BCUT2D eigenvalue weighted by Crippen LogP contribution is 2.31. The van der Waals surface area contributed by atoms with E-state index in [0.717, 1.165) is 10.6 Å². The minimum atomic E-state index is -0.413. The van der Waals surface area contributed by atoms with Crippen LogP contribution in [0.1, 0.15) is 0 Å². The van der Waals surface area contributed by atoms with E-state index in [1.54, 1.807) is 11.2 Å². The number of carbonyl (C=O) groups excluding carboxylic acids is 1. The predicted octanol–water partition coefficient (Wildman–Crippen LogP) is 4.05. The molecule has 8 heteroatoms. The molecule has 6 nitrogen and oxygen atoms in total. The van der Waals surface area contributed by atoms with Crippen LogP contribution >= 0.6 is 23.4 Å². The van der Waals surface area contributed by atoms with Crippen LogP contribution in [0, 0.1) is 5.92 Å². The molecule has 4 rings (SSSR count). The van der Waals surface area contributed by atoms with E-state index in [1.807, 2.05) is 54.6 Å². The van der Waals surface area contributed by atoms with Crippen LogP contribution in [0.3, 0.4) is 0 Å². The van der Waals surface area contributed by atoms with Gasteiger partial charge in [0.15, 0.2) is 6.17 Å². The average Bonchev–Trinajstić information content (AvgIpc) is 3.08. The molecule has 2 aliphatic heterocycles. The molecule has 0 aromatic heterocycles. The number of para-hydroxylation sites is 1. The van der Waals surface area contributed by atoms with Crippen molar-refractivity contribution in [3.8, 4) is 0 Å². The van der Waals surface area contributed by atoms with Crippen LogP contribution in [-0.4, -0.2) is 29.2 Å². The largest absolute Gasteiger partial charge is 0.272 e.